The molecule has 2 atom stereocenters. The molecule has 0 saturated carbocycles. The normalized spacial score (nSPS) is 24.4. The second kappa shape index (κ2) is 8.18. The van der Waals surface area contributed by atoms with Crippen LogP contribution in [0.5, 0.6) is 0 Å². The Morgan fingerprint density at radius 2 is 1.90 bits per heavy atom. The van der Waals surface area contributed by atoms with Gasteiger partial charge in [0.2, 0.25) is 5.95 Å². The van der Waals surface area contributed by atoms with Gasteiger partial charge in [-0.2, -0.15) is 0 Å². The summed E-state index contributed by atoms with van der Waals surface area (Å²) < 4.78 is 12.1. The van der Waals surface area contributed by atoms with Crippen LogP contribution in [0.1, 0.15) is 40.5 Å². The maximum atomic E-state index is 12.2. The smallest absolute Gasteiger partial charge is 0.399 e. The number of amides is 1. The number of rotatable bonds is 5. The minimum absolute atomic E-state index is 0.0290. The fourth-order valence-corrected chi connectivity index (χ4v) is 3.54. The van der Waals surface area contributed by atoms with Crippen molar-refractivity contribution in [1.29, 1.82) is 0 Å². The fraction of sp³-hybridized carbons (Fsp3) is 0.737. The van der Waals surface area contributed by atoms with Crippen LogP contribution in [0.2, 0.25) is 0 Å². The van der Waals surface area contributed by atoms with Gasteiger partial charge in [0.05, 0.1) is 17.8 Å². The fourth-order valence-electron chi connectivity index (χ4n) is 3.54. The molecule has 0 unspecified atom stereocenters. The Morgan fingerprint density at radius 1 is 1.31 bits per heavy atom. The van der Waals surface area contributed by atoms with Crippen molar-refractivity contribution < 1.29 is 24.3 Å². The predicted octanol–water partition coefficient (Wildman–Crippen LogP) is -0.444. The van der Waals surface area contributed by atoms with E-state index in [2.05, 4.69) is 9.97 Å². The number of carbonyl (C=O) groups is 1. The first-order valence-electron chi connectivity index (χ1n) is 10.0. The highest BCUT2D eigenvalue weighted by Crippen LogP contribution is 2.36. The van der Waals surface area contributed by atoms with E-state index in [1.54, 1.807) is 17.3 Å². The second-order valence-corrected chi connectivity index (χ2v) is 8.79. The summed E-state index contributed by atoms with van der Waals surface area (Å²) in [6, 6.07) is 0.0290. The maximum absolute atomic E-state index is 12.2. The summed E-state index contributed by atoms with van der Waals surface area (Å²) >= 11 is 0. The van der Waals surface area contributed by atoms with Crippen molar-refractivity contribution in [3.05, 3.63) is 12.4 Å². The van der Waals surface area contributed by atoms with Gasteiger partial charge < -0.3 is 29.3 Å². The van der Waals surface area contributed by atoms with Gasteiger partial charge in [-0.1, -0.05) is 0 Å². The van der Waals surface area contributed by atoms with Crippen molar-refractivity contribution in [2.45, 2.75) is 63.9 Å². The van der Waals surface area contributed by atoms with Crippen LogP contribution in [-0.4, -0.2) is 88.2 Å². The van der Waals surface area contributed by atoms with Gasteiger partial charge in [0.1, 0.15) is 0 Å². The first-order valence-corrected chi connectivity index (χ1v) is 10.0. The zero-order valence-electron chi connectivity index (χ0n) is 17.8. The third-order valence-corrected chi connectivity index (χ3v) is 6.21. The molecule has 2 saturated heterocycles. The standard InChI is InChI=1S/C19H31BN4O5/c1-18(2)19(3,4)29-20(28-18)13-9-21-17(22-10-13)23(5)14-7-6-8-24(11-14)16(27)15(26)12-25/h9-10,14-15,25-26H,6-8,11-12H2,1-5H3/t14-,15-/m0/s1. The molecule has 1 aromatic heterocycles. The molecule has 160 valence electrons. The molecule has 2 N–H and O–H groups in total. The van der Waals surface area contributed by atoms with Gasteiger partial charge in [-0.3, -0.25) is 4.79 Å². The monoisotopic (exact) mass is 406 g/mol. The van der Waals surface area contributed by atoms with Crippen LogP contribution < -0.4 is 10.4 Å². The molecular formula is C19H31BN4O5. The predicted molar refractivity (Wildman–Crippen MR) is 109 cm³/mol. The van der Waals surface area contributed by atoms with Crippen molar-refractivity contribution in [2.24, 2.45) is 0 Å². The Labute approximate surface area is 172 Å². The van der Waals surface area contributed by atoms with E-state index in [0.717, 1.165) is 18.3 Å². The van der Waals surface area contributed by atoms with E-state index >= 15 is 0 Å². The Kier molecular flexibility index (Phi) is 6.19. The number of hydrogen-bond acceptors (Lipinski definition) is 8. The Morgan fingerprint density at radius 3 is 2.45 bits per heavy atom. The van der Waals surface area contributed by atoms with Gasteiger partial charge in [0.15, 0.2) is 6.10 Å². The molecule has 0 aromatic carbocycles. The Bertz CT molecular complexity index is 714. The van der Waals surface area contributed by atoms with E-state index in [1.807, 2.05) is 39.6 Å². The summed E-state index contributed by atoms with van der Waals surface area (Å²) in [6.07, 6.45) is 3.75. The largest absolute Gasteiger partial charge is 0.498 e. The number of likely N-dealkylation sites (N-methyl/N-ethyl adjacent to an activating group) is 1. The molecule has 0 aliphatic carbocycles. The molecular weight excluding hydrogens is 375 g/mol. The van der Waals surface area contributed by atoms with Crippen LogP contribution in [0.15, 0.2) is 12.4 Å². The van der Waals surface area contributed by atoms with Crippen molar-refractivity contribution >= 4 is 24.4 Å². The molecule has 1 aromatic rings. The second-order valence-electron chi connectivity index (χ2n) is 8.79. The lowest BCUT2D eigenvalue weighted by molar-refractivity contribution is -0.143. The van der Waals surface area contributed by atoms with Gasteiger partial charge in [-0.05, 0) is 40.5 Å². The van der Waals surface area contributed by atoms with Gasteiger partial charge >= 0.3 is 7.12 Å². The summed E-state index contributed by atoms with van der Waals surface area (Å²) in [5.41, 5.74) is -0.0957. The summed E-state index contributed by atoms with van der Waals surface area (Å²) in [5, 5.41) is 18.6. The van der Waals surface area contributed by atoms with Crippen molar-refractivity contribution in [2.75, 3.05) is 31.6 Å². The molecule has 0 radical (unpaired) electrons. The van der Waals surface area contributed by atoms with E-state index in [9.17, 15) is 9.90 Å². The average molecular weight is 406 g/mol. The Balaban J connectivity index is 1.66. The van der Waals surface area contributed by atoms with Crippen LogP contribution >= 0.6 is 0 Å². The molecule has 9 nitrogen and oxygen atoms in total. The Hall–Kier alpha value is -1.75. The minimum atomic E-state index is -1.37. The highest BCUT2D eigenvalue weighted by Gasteiger charge is 2.52. The third kappa shape index (κ3) is 4.40. The maximum Gasteiger partial charge on any atom is 0.498 e. The van der Waals surface area contributed by atoms with Crippen LogP contribution in [0, 0.1) is 0 Å². The summed E-state index contributed by atoms with van der Waals surface area (Å²) in [4.78, 5) is 24.7. The van der Waals surface area contributed by atoms with Crippen LogP contribution in [0.3, 0.4) is 0 Å². The minimum Gasteiger partial charge on any atom is -0.399 e. The molecule has 10 heteroatoms. The molecule has 29 heavy (non-hydrogen) atoms. The van der Waals surface area contributed by atoms with Crippen LogP contribution in [-0.2, 0) is 14.1 Å². The molecule has 1 amide bonds. The van der Waals surface area contributed by atoms with Crippen molar-refractivity contribution in [3.63, 3.8) is 0 Å². The lowest BCUT2D eigenvalue weighted by Crippen LogP contribution is -2.52. The van der Waals surface area contributed by atoms with E-state index < -0.39 is 36.9 Å². The van der Waals surface area contributed by atoms with E-state index in [4.69, 9.17) is 14.4 Å². The molecule has 2 fully saturated rings. The average Bonchev–Trinajstić information content (AvgIpc) is 2.93. The van der Waals surface area contributed by atoms with Crippen molar-refractivity contribution in [1.82, 2.24) is 14.9 Å². The summed E-state index contributed by atoms with van der Waals surface area (Å²) in [5.74, 6) is 0.106. The number of piperidine rings is 1. The molecule has 2 aliphatic rings. The third-order valence-electron chi connectivity index (χ3n) is 6.21. The number of hydrogen-bond donors (Lipinski definition) is 2. The van der Waals surface area contributed by atoms with Gasteiger partial charge in [-0.25, -0.2) is 9.97 Å². The SMILES string of the molecule is CN(c1ncc(B2OC(C)(C)C(C)(C)O2)cn1)[C@H]1CCCN(C(=O)[C@@H](O)CO)C1. The van der Waals surface area contributed by atoms with Gasteiger partial charge in [0, 0.05) is 44.0 Å². The lowest BCUT2D eigenvalue weighted by atomic mass is 9.81. The molecule has 3 rings (SSSR count). The summed E-state index contributed by atoms with van der Waals surface area (Å²) in [7, 11) is 1.38. The number of anilines is 1. The van der Waals surface area contributed by atoms with Crippen LogP contribution in [0.25, 0.3) is 0 Å². The molecule has 0 spiro atoms. The number of nitrogens with zero attached hydrogens (tertiary/aromatic N) is 4. The number of aliphatic hydroxyl groups excluding tert-OH is 2. The van der Waals surface area contributed by atoms with Gasteiger partial charge in [-0.15, -0.1) is 0 Å². The van der Waals surface area contributed by atoms with Gasteiger partial charge in [0.25, 0.3) is 5.91 Å². The molecule has 2 aliphatic heterocycles. The summed E-state index contributed by atoms with van der Waals surface area (Å²) in [6.45, 7) is 8.45. The van der Waals surface area contributed by atoms with E-state index in [1.165, 1.54) is 0 Å². The number of aliphatic hydroxyl groups is 2. The number of likely N-dealkylation sites (tertiary alicyclic amines) is 1. The zero-order valence-corrected chi connectivity index (χ0v) is 17.8. The zero-order chi connectivity index (χ0) is 21.4. The number of carbonyl (C=O) groups excluding carboxylic acids is 1. The number of aromatic nitrogens is 2. The van der Waals surface area contributed by atoms with E-state index in [-0.39, 0.29) is 6.04 Å². The first-order chi connectivity index (χ1) is 13.6. The highest BCUT2D eigenvalue weighted by atomic mass is 16.7. The lowest BCUT2D eigenvalue weighted by Gasteiger charge is -2.38. The molecule has 3 heterocycles. The highest BCUT2D eigenvalue weighted by molar-refractivity contribution is 6.61. The first kappa shape index (κ1) is 22.0. The van der Waals surface area contributed by atoms with Crippen LogP contribution in [0.4, 0.5) is 5.95 Å². The van der Waals surface area contributed by atoms with Crippen molar-refractivity contribution in [3.8, 4) is 0 Å². The molecule has 0 bridgehead atoms. The quantitative estimate of drug-likeness (QED) is 0.634. The van der Waals surface area contributed by atoms with E-state index in [0.29, 0.717) is 19.0 Å². The topological polar surface area (TPSA) is 108 Å².